The summed E-state index contributed by atoms with van der Waals surface area (Å²) >= 11 is 0. The minimum Gasteiger partial charge on any atom is -0.496 e. The van der Waals surface area contributed by atoms with Crippen molar-refractivity contribution in [3.05, 3.63) is 60.0 Å². The molecule has 0 aliphatic carbocycles. The molecule has 1 fully saturated rings. The largest absolute Gasteiger partial charge is 0.496 e. The molecule has 150 valence electrons. The van der Waals surface area contributed by atoms with Crippen LogP contribution in [0.4, 0.5) is 11.4 Å². The molecule has 0 saturated carbocycles. The molecule has 1 saturated heterocycles. The first-order valence-corrected chi connectivity index (χ1v) is 9.88. The van der Waals surface area contributed by atoms with Crippen LogP contribution in [-0.2, 0) is 11.2 Å². The summed E-state index contributed by atoms with van der Waals surface area (Å²) in [6.07, 6.45) is 2.64. The maximum atomic E-state index is 12.5. The fraction of sp³-hybridized carbons (Fsp3) is 0.304. The topological polar surface area (TPSA) is 67.6 Å². The Morgan fingerprint density at radius 1 is 1.14 bits per heavy atom. The van der Waals surface area contributed by atoms with Crippen LogP contribution in [0.2, 0.25) is 0 Å². The average Bonchev–Trinajstić information content (AvgIpc) is 3.39. The lowest BCUT2D eigenvalue weighted by Gasteiger charge is -2.17. The van der Waals surface area contributed by atoms with Crippen LogP contribution in [0.25, 0.3) is 11.5 Å². The Kier molecular flexibility index (Phi) is 5.51. The van der Waals surface area contributed by atoms with Gasteiger partial charge in [0.2, 0.25) is 11.8 Å². The first-order valence-electron chi connectivity index (χ1n) is 9.88. The summed E-state index contributed by atoms with van der Waals surface area (Å²) in [6, 6.07) is 15.5. The lowest BCUT2D eigenvalue weighted by molar-refractivity contribution is -0.115. The summed E-state index contributed by atoms with van der Waals surface area (Å²) in [4.78, 5) is 19.4. The quantitative estimate of drug-likeness (QED) is 0.673. The Morgan fingerprint density at radius 3 is 2.59 bits per heavy atom. The number of para-hydroxylation sites is 1. The van der Waals surface area contributed by atoms with E-state index >= 15 is 0 Å². The Labute approximate surface area is 170 Å². The molecular weight excluding hydrogens is 366 g/mol. The number of oxazole rings is 1. The van der Waals surface area contributed by atoms with Crippen molar-refractivity contribution < 1.29 is 13.9 Å². The van der Waals surface area contributed by atoms with Crippen LogP contribution in [0.5, 0.6) is 5.75 Å². The summed E-state index contributed by atoms with van der Waals surface area (Å²) in [6.45, 7) is 4.02. The van der Waals surface area contributed by atoms with Crippen LogP contribution in [-0.4, -0.2) is 31.1 Å². The molecule has 1 aliphatic rings. The van der Waals surface area contributed by atoms with Crippen molar-refractivity contribution in [1.82, 2.24) is 4.98 Å². The zero-order valence-corrected chi connectivity index (χ0v) is 16.8. The smallest absolute Gasteiger partial charge is 0.230 e. The zero-order chi connectivity index (χ0) is 20.2. The normalized spacial score (nSPS) is 13.5. The van der Waals surface area contributed by atoms with Gasteiger partial charge in [0.25, 0.3) is 0 Å². The third-order valence-corrected chi connectivity index (χ3v) is 5.18. The van der Waals surface area contributed by atoms with Gasteiger partial charge in [-0.05, 0) is 56.2 Å². The van der Waals surface area contributed by atoms with Crippen LogP contribution in [0.15, 0.2) is 52.9 Å². The lowest BCUT2D eigenvalue weighted by Crippen LogP contribution is -2.18. The van der Waals surface area contributed by atoms with Gasteiger partial charge in [0.15, 0.2) is 0 Å². The van der Waals surface area contributed by atoms with Gasteiger partial charge in [0.1, 0.15) is 11.5 Å². The first kappa shape index (κ1) is 19.1. The van der Waals surface area contributed by atoms with E-state index in [1.807, 2.05) is 43.3 Å². The third-order valence-electron chi connectivity index (χ3n) is 5.18. The maximum Gasteiger partial charge on any atom is 0.230 e. The molecule has 0 bridgehead atoms. The van der Waals surface area contributed by atoms with Gasteiger partial charge in [-0.15, -0.1) is 0 Å². The molecular formula is C23H25N3O3. The van der Waals surface area contributed by atoms with Crippen molar-refractivity contribution in [1.29, 1.82) is 0 Å². The second-order valence-electron chi connectivity index (χ2n) is 7.19. The van der Waals surface area contributed by atoms with E-state index in [0.29, 0.717) is 23.1 Å². The van der Waals surface area contributed by atoms with E-state index in [-0.39, 0.29) is 12.3 Å². The van der Waals surface area contributed by atoms with Crippen molar-refractivity contribution in [3.63, 3.8) is 0 Å². The number of aromatic nitrogens is 1. The van der Waals surface area contributed by atoms with Gasteiger partial charge in [-0.3, -0.25) is 4.79 Å². The minimum absolute atomic E-state index is 0.123. The lowest BCUT2D eigenvalue weighted by atomic mass is 10.2. The molecule has 4 rings (SSSR count). The molecule has 6 heteroatoms. The number of anilines is 2. The molecule has 2 aromatic carbocycles. The van der Waals surface area contributed by atoms with E-state index in [4.69, 9.17) is 9.15 Å². The van der Waals surface area contributed by atoms with Gasteiger partial charge in [-0.25, -0.2) is 4.98 Å². The Balaban J connectivity index is 1.43. The van der Waals surface area contributed by atoms with Crippen molar-refractivity contribution in [3.8, 4) is 17.2 Å². The van der Waals surface area contributed by atoms with Gasteiger partial charge in [0, 0.05) is 24.5 Å². The van der Waals surface area contributed by atoms with Gasteiger partial charge in [-0.1, -0.05) is 12.1 Å². The number of ether oxygens (including phenoxy) is 1. The molecule has 0 unspecified atom stereocenters. The molecule has 1 aromatic heterocycles. The highest BCUT2D eigenvalue weighted by Gasteiger charge is 2.17. The van der Waals surface area contributed by atoms with Crippen molar-refractivity contribution >= 4 is 17.3 Å². The van der Waals surface area contributed by atoms with E-state index in [2.05, 4.69) is 27.3 Å². The molecule has 6 nitrogen and oxygen atoms in total. The van der Waals surface area contributed by atoms with E-state index in [1.54, 1.807) is 7.11 Å². The summed E-state index contributed by atoms with van der Waals surface area (Å²) in [5, 5.41) is 2.94. The summed E-state index contributed by atoms with van der Waals surface area (Å²) in [7, 11) is 1.61. The van der Waals surface area contributed by atoms with Crippen LogP contribution < -0.4 is 15.0 Å². The Hall–Kier alpha value is -3.28. The molecule has 0 radical (unpaired) electrons. The molecule has 1 N–H and O–H groups in total. The fourth-order valence-electron chi connectivity index (χ4n) is 3.62. The summed E-state index contributed by atoms with van der Waals surface area (Å²) in [5.41, 5.74) is 3.37. The van der Waals surface area contributed by atoms with Crippen molar-refractivity contribution in [2.45, 2.75) is 26.2 Å². The number of benzene rings is 2. The van der Waals surface area contributed by atoms with Gasteiger partial charge in [-0.2, -0.15) is 0 Å². The molecule has 0 atom stereocenters. The van der Waals surface area contributed by atoms with Crippen molar-refractivity contribution in [2.75, 3.05) is 30.4 Å². The monoisotopic (exact) mass is 391 g/mol. The highest BCUT2D eigenvalue weighted by Crippen LogP contribution is 2.30. The fourth-order valence-corrected chi connectivity index (χ4v) is 3.62. The van der Waals surface area contributed by atoms with Crippen LogP contribution in [0.3, 0.4) is 0 Å². The number of amides is 1. The molecule has 3 aromatic rings. The van der Waals surface area contributed by atoms with Crippen molar-refractivity contribution in [2.24, 2.45) is 0 Å². The first-order chi connectivity index (χ1) is 14.1. The second kappa shape index (κ2) is 8.39. The molecule has 0 spiro atoms. The Morgan fingerprint density at radius 2 is 1.86 bits per heavy atom. The third kappa shape index (κ3) is 4.26. The van der Waals surface area contributed by atoms with Crippen LogP contribution >= 0.6 is 0 Å². The number of nitrogens with one attached hydrogen (secondary N) is 1. The predicted octanol–water partition coefficient (Wildman–Crippen LogP) is 4.44. The van der Waals surface area contributed by atoms with Gasteiger partial charge in [0.05, 0.1) is 24.8 Å². The molecule has 2 heterocycles. The SMILES string of the molecule is COc1ccccc1-c1nc(CC(=O)Nc2ccc(N3CCCC3)cc2)c(C)o1. The van der Waals surface area contributed by atoms with E-state index in [0.717, 1.165) is 24.3 Å². The molecule has 29 heavy (non-hydrogen) atoms. The van der Waals surface area contributed by atoms with Gasteiger partial charge < -0.3 is 19.4 Å². The summed E-state index contributed by atoms with van der Waals surface area (Å²) in [5.74, 6) is 1.65. The zero-order valence-electron chi connectivity index (χ0n) is 16.8. The number of carbonyl (C=O) groups is 1. The van der Waals surface area contributed by atoms with Crippen LogP contribution in [0, 0.1) is 6.92 Å². The van der Waals surface area contributed by atoms with E-state index in [9.17, 15) is 4.79 Å². The Bertz CT molecular complexity index is 989. The van der Waals surface area contributed by atoms with E-state index in [1.165, 1.54) is 18.5 Å². The van der Waals surface area contributed by atoms with Crippen LogP contribution in [0.1, 0.15) is 24.3 Å². The number of nitrogens with zero attached hydrogens (tertiary/aromatic N) is 2. The second-order valence-corrected chi connectivity index (χ2v) is 7.19. The average molecular weight is 391 g/mol. The standard InChI is InChI=1S/C23H25N3O3/c1-16-20(25-23(29-16)19-7-3-4-8-21(19)28-2)15-22(27)24-17-9-11-18(12-10-17)26-13-5-6-14-26/h3-4,7-12H,5-6,13-15H2,1-2H3,(H,24,27). The number of carbonyl (C=O) groups excluding carboxylic acids is 1. The predicted molar refractivity (Wildman–Crippen MR) is 113 cm³/mol. The number of hydrogen-bond donors (Lipinski definition) is 1. The number of hydrogen-bond acceptors (Lipinski definition) is 5. The number of methoxy groups -OCH3 is 1. The molecule has 1 amide bonds. The highest BCUT2D eigenvalue weighted by atomic mass is 16.5. The highest BCUT2D eigenvalue weighted by molar-refractivity contribution is 5.92. The maximum absolute atomic E-state index is 12.5. The number of aryl methyl sites for hydroxylation is 1. The van der Waals surface area contributed by atoms with Gasteiger partial charge >= 0.3 is 0 Å². The van der Waals surface area contributed by atoms with E-state index < -0.39 is 0 Å². The summed E-state index contributed by atoms with van der Waals surface area (Å²) < 4.78 is 11.2. The number of rotatable bonds is 6. The molecule has 1 aliphatic heterocycles. The minimum atomic E-state index is -0.123.